The largest absolute Gasteiger partial charge is 0.494 e. The van der Waals surface area contributed by atoms with Crippen LogP contribution in [0.5, 0.6) is 11.5 Å². The number of aromatic nitrogens is 5. The summed E-state index contributed by atoms with van der Waals surface area (Å²) >= 11 is 1.77. The highest BCUT2D eigenvalue weighted by Gasteiger charge is 2.38. The van der Waals surface area contributed by atoms with Crippen molar-refractivity contribution in [3.05, 3.63) is 89.9 Å². The molecule has 0 amide bonds. The number of nitrogens with zero attached hydrogens (tertiary/aromatic N) is 5. The Hall–Kier alpha value is -4.44. The summed E-state index contributed by atoms with van der Waals surface area (Å²) in [6.07, 6.45) is 8.26. The predicted molar refractivity (Wildman–Crippen MR) is 186 cm³/mol. The van der Waals surface area contributed by atoms with Gasteiger partial charge in [0.05, 0.1) is 42.5 Å². The number of aryl methyl sites for hydroxylation is 1. The minimum atomic E-state index is -0.891. The number of rotatable bonds is 13. The molecular formula is C37H43N5O4S. The molecule has 2 aromatic carbocycles. The highest BCUT2D eigenvalue weighted by molar-refractivity contribution is 8.00. The number of thioether (sulfide) groups is 1. The molecule has 5 rings (SSSR count). The molecule has 0 saturated heterocycles. The van der Waals surface area contributed by atoms with Gasteiger partial charge in [0.25, 0.3) is 0 Å². The van der Waals surface area contributed by atoms with Crippen LogP contribution in [0.1, 0.15) is 70.1 Å². The highest BCUT2D eigenvalue weighted by atomic mass is 32.2. The van der Waals surface area contributed by atoms with Gasteiger partial charge in [-0.3, -0.25) is 14.8 Å². The fourth-order valence-electron chi connectivity index (χ4n) is 5.58. The van der Waals surface area contributed by atoms with Gasteiger partial charge < -0.3 is 19.1 Å². The summed E-state index contributed by atoms with van der Waals surface area (Å²) in [6, 6.07) is 14.3. The van der Waals surface area contributed by atoms with Crippen LogP contribution in [-0.2, 0) is 24.4 Å². The van der Waals surface area contributed by atoms with E-state index >= 15 is 0 Å². The zero-order valence-electron chi connectivity index (χ0n) is 28.2. The van der Waals surface area contributed by atoms with Crippen LogP contribution in [-0.4, -0.2) is 47.4 Å². The molecule has 0 aliphatic heterocycles. The fourth-order valence-corrected chi connectivity index (χ4v) is 6.77. The van der Waals surface area contributed by atoms with E-state index in [0.717, 1.165) is 49.8 Å². The molecule has 0 atom stereocenters. The van der Waals surface area contributed by atoms with Gasteiger partial charge in [-0.2, -0.15) is 0 Å². The van der Waals surface area contributed by atoms with Crippen molar-refractivity contribution in [2.24, 2.45) is 5.41 Å². The van der Waals surface area contributed by atoms with E-state index in [2.05, 4.69) is 69.5 Å². The molecule has 0 bridgehead atoms. The third-order valence-corrected chi connectivity index (χ3v) is 9.72. The van der Waals surface area contributed by atoms with E-state index in [9.17, 15) is 9.90 Å². The Morgan fingerprint density at radius 2 is 1.62 bits per heavy atom. The maximum atomic E-state index is 12.8. The number of benzene rings is 2. The van der Waals surface area contributed by atoms with Crippen LogP contribution < -0.4 is 9.47 Å². The second-order valence-electron chi connectivity index (χ2n) is 12.8. The van der Waals surface area contributed by atoms with Crippen molar-refractivity contribution in [1.29, 1.82) is 0 Å². The van der Waals surface area contributed by atoms with Crippen molar-refractivity contribution in [2.75, 3.05) is 7.11 Å². The van der Waals surface area contributed by atoms with Crippen LogP contribution in [0.25, 0.3) is 22.3 Å². The molecule has 0 unspecified atom stereocenters. The maximum absolute atomic E-state index is 12.8. The molecule has 0 aliphatic carbocycles. The Morgan fingerprint density at radius 1 is 0.915 bits per heavy atom. The number of ether oxygens (including phenoxy) is 2. The predicted octanol–water partition coefficient (Wildman–Crippen LogP) is 8.16. The summed E-state index contributed by atoms with van der Waals surface area (Å²) in [5, 5.41) is 11.6. The normalized spacial score (nSPS) is 12.0. The number of carboxylic acids is 1. The van der Waals surface area contributed by atoms with E-state index in [-0.39, 0.29) is 4.75 Å². The number of carbonyl (C=O) groups is 1. The van der Waals surface area contributed by atoms with Gasteiger partial charge in [-0.15, -0.1) is 11.8 Å². The van der Waals surface area contributed by atoms with Crippen LogP contribution in [0, 0.1) is 12.3 Å². The third kappa shape index (κ3) is 7.76. The Kier molecular flexibility index (Phi) is 10.2. The van der Waals surface area contributed by atoms with Gasteiger partial charge in [0.1, 0.15) is 12.4 Å². The second-order valence-corrected chi connectivity index (χ2v) is 14.6. The molecule has 3 aromatic heterocycles. The molecule has 0 spiro atoms. The maximum Gasteiger partial charge on any atom is 0.310 e. The molecule has 10 heteroatoms. The van der Waals surface area contributed by atoms with Crippen molar-refractivity contribution in [2.45, 2.75) is 83.6 Å². The van der Waals surface area contributed by atoms with E-state index < -0.39 is 11.4 Å². The average molecular weight is 654 g/mol. The number of methoxy groups -OCH3 is 1. The minimum absolute atomic E-state index is 0.119. The van der Waals surface area contributed by atoms with Gasteiger partial charge in [-0.05, 0) is 43.5 Å². The molecule has 5 aromatic rings. The molecule has 9 nitrogen and oxygen atoms in total. The third-order valence-electron chi connectivity index (χ3n) is 8.45. The summed E-state index contributed by atoms with van der Waals surface area (Å²) in [5.41, 5.74) is 4.75. The van der Waals surface area contributed by atoms with E-state index in [1.807, 2.05) is 39.0 Å². The van der Waals surface area contributed by atoms with Gasteiger partial charge >= 0.3 is 5.97 Å². The lowest BCUT2D eigenvalue weighted by Crippen LogP contribution is -2.33. The van der Waals surface area contributed by atoms with E-state index in [1.165, 1.54) is 0 Å². The first-order chi connectivity index (χ1) is 22.4. The zero-order valence-corrected chi connectivity index (χ0v) is 29.0. The van der Waals surface area contributed by atoms with Crippen LogP contribution in [0.3, 0.4) is 0 Å². The minimum Gasteiger partial charge on any atom is -0.494 e. The van der Waals surface area contributed by atoms with E-state index in [4.69, 9.17) is 9.47 Å². The quantitative estimate of drug-likeness (QED) is 0.126. The SMILES string of the molecule is CCC(CC)(Cc1c(SC(C)(C)C)c2cc(OCc3cnc(C)cn3)ccc2n1Cc1ccc(-c2ncc(OC)cn2)cc1)C(=O)O. The summed E-state index contributed by atoms with van der Waals surface area (Å²) in [4.78, 5) is 31.5. The zero-order chi connectivity index (χ0) is 33.8. The first-order valence-corrected chi connectivity index (χ1v) is 16.7. The van der Waals surface area contributed by atoms with Gasteiger partial charge in [-0.25, -0.2) is 9.97 Å². The van der Waals surface area contributed by atoms with Gasteiger partial charge in [0, 0.05) is 51.0 Å². The molecule has 0 fully saturated rings. The summed E-state index contributed by atoms with van der Waals surface area (Å²) in [5.74, 6) is 1.18. The number of carboxylic acid groups (broad SMARTS) is 1. The number of aliphatic carboxylic acids is 1. The van der Waals surface area contributed by atoms with Crippen molar-refractivity contribution in [3.63, 3.8) is 0 Å². The Morgan fingerprint density at radius 3 is 2.19 bits per heavy atom. The van der Waals surface area contributed by atoms with E-state index in [1.54, 1.807) is 43.7 Å². The van der Waals surface area contributed by atoms with Gasteiger partial charge in [-0.1, -0.05) is 58.9 Å². The highest BCUT2D eigenvalue weighted by Crippen LogP contribution is 2.45. The van der Waals surface area contributed by atoms with Crippen molar-refractivity contribution in [3.8, 4) is 22.9 Å². The van der Waals surface area contributed by atoms with E-state index in [0.29, 0.717) is 44.0 Å². The monoisotopic (exact) mass is 653 g/mol. The lowest BCUT2D eigenvalue weighted by atomic mass is 9.78. The average Bonchev–Trinajstić information content (AvgIpc) is 3.32. The topological polar surface area (TPSA) is 112 Å². The number of hydrogen-bond acceptors (Lipinski definition) is 8. The summed E-state index contributed by atoms with van der Waals surface area (Å²) in [7, 11) is 1.59. The molecule has 3 heterocycles. The summed E-state index contributed by atoms with van der Waals surface area (Å²) in [6.45, 7) is 13.3. The molecule has 0 aliphatic rings. The molecule has 246 valence electrons. The lowest BCUT2D eigenvalue weighted by Gasteiger charge is -2.29. The second kappa shape index (κ2) is 14.1. The molecule has 47 heavy (non-hydrogen) atoms. The van der Waals surface area contributed by atoms with Gasteiger partial charge in [0.2, 0.25) is 0 Å². The number of fused-ring (bicyclic) bond motifs is 1. The number of hydrogen-bond donors (Lipinski definition) is 1. The first-order valence-electron chi connectivity index (χ1n) is 15.9. The van der Waals surface area contributed by atoms with Crippen molar-refractivity contribution >= 4 is 28.6 Å². The van der Waals surface area contributed by atoms with Crippen LogP contribution >= 0.6 is 11.8 Å². The lowest BCUT2D eigenvalue weighted by molar-refractivity contribution is -0.149. The Labute approximate surface area is 280 Å². The van der Waals surface area contributed by atoms with Crippen molar-refractivity contribution in [1.82, 2.24) is 24.5 Å². The van der Waals surface area contributed by atoms with Crippen LogP contribution in [0.4, 0.5) is 0 Å². The van der Waals surface area contributed by atoms with Crippen LogP contribution in [0.2, 0.25) is 0 Å². The van der Waals surface area contributed by atoms with Crippen LogP contribution in [0.15, 0.2) is 72.1 Å². The molecule has 0 saturated carbocycles. The van der Waals surface area contributed by atoms with Crippen molar-refractivity contribution < 1.29 is 19.4 Å². The smallest absolute Gasteiger partial charge is 0.310 e. The van der Waals surface area contributed by atoms with Gasteiger partial charge in [0.15, 0.2) is 11.6 Å². The Bertz CT molecular complexity index is 1830. The Balaban J connectivity index is 1.60. The first kappa shape index (κ1) is 33.9. The molecular weight excluding hydrogens is 611 g/mol. The summed E-state index contributed by atoms with van der Waals surface area (Å²) < 4.78 is 13.6. The molecule has 0 radical (unpaired) electrons. The standard InChI is InChI=1S/C37H43N5O4S/c1-8-37(9-2,35(43)44)17-32-33(47-36(4,5)6)30-16-28(46-23-27-19-38-24(3)18-39-27)14-15-31(30)42(32)22-25-10-12-26(13-11-25)34-40-20-29(45-7)21-41-34/h10-16,18-21H,8-9,17,22-23H2,1-7H3,(H,43,44). The molecule has 1 N–H and O–H groups in total. The fraction of sp³-hybridized carbons (Fsp3) is 0.378.